The molecule has 1 saturated heterocycles. The monoisotopic (exact) mass is 325 g/mol. The van der Waals surface area contributed by atoms with Crippen LogP contribution in [0.3, 0.4) is 0 Å². The van der Waals surface area contributed by atoms with Crippen LogP contribution >= 0.6 is 0 Å². The largest absolute Gasteiger partial charge is 0.399 e. The van der Waals surface area contributed by atoms with Gasteiger partial charge in [0.05, 0.1) is 6.10 Å². The zero-order chi connectivity index (χ0) is 16.9. The fraction of sp³-hybridized carbons (Fsp3) is 0.316. The highest BCUT2D eigenvalue weighted by molar-refractivity contribution is 5.95. The third-order valence-electron chi connectivity index (χ3n) is 4.41. The molecule has 1 aliphatic heterocycles. The van der Waals surface area contributed by atoms with Crippen LogP contribution in [-0.4, -0.2) is 53.5 Å². The van der Waals surface area contributed by atoms with E-state index in [1.807, 2.05) is 35.2 Å². The lowest BCUT2D eigenvalue weighted by Gasteiger charge is -2.35. The first-order chi connectivity index (χ1) is 11.6. The summed E-state index contributed by atoms with van der Waals surface area (Å²) >= 11 is 0. The normalized spacial score (nSPS) is 16.8. The van der Waals surface area contributed by atoms with Crippen LogP contribution < -0.4 is 5.73 Å². The molecule has 1 heterocycles. The summed E-state index contributed by atoms with van der Waals surface area (Å²) in [5.41, 5.74) is 7.91. The highest BCUT2D eigenvalue weighted by Gasteiger charge is 2.23. The van der Waals surface area contributed by atoms with Gasteiger partial charge in [0.2, 0.25) is 0 Å². The predicted octanol–water partition coefficient (Wildman–Crippen LogP) is 1.76. The van der Waals surface area contributed by atoms with Crippen molar-refractivity contribution in [3.8, 4) is 0 Å². The number of piperazine rings is 1. The SMILES string of the molecule is Nc1cccc(C(=O)N2CCN(CC(O)c3ccccc3)CC2)c1. The number of nitrogens with zero attached hydrogens (tertiary/aromatic N) is 2. The molecule has 2 aromatic carbocycles. The Morgan fingerprint density at radius 3 is 2.42 bits per heavy atom. The average Bonchev–Trinajstić information content (AvgIpc) is 2.62. The second kappa shape index (κ2) is 7.47. The molecule has 1 atom stereocenters. The third kappa shape index (κ3) is 3.93. The van der Waals surface area contributed by atoms with Crippen LogP contribution in [-0.2, 0) is 0 Å². The fourth-order valence-corrected chi connectivity index (χ4v) is 3.01. The Morgan fingerprint density at radius 2 is 1.75 bits per heavy atom. The Hall–Kier alpha value is -2.37. The summed E-state index contributed by atoms with van der Waals surface area (Å²) < 4.78 is 0. The highest BCUT2D eigenvalue weighted by Crippen LogP contribution is 2.16. The smallest absolute Gasteiger partial charge is 0.254 e. The molecule has 3 N–H and O–H groups in total. The molecule has 24 heavy (non-hydrogen) atoms. The van der Waals surface area contributed by atoms with Gasteiger partial charge in [0, 0.05) is 44.0 Å². The van der Waals surface area contributed by atoms with Crippen molar-refractivity contribution in [2.75, 3.05) is 38.5 Å². The molecule has 5 nitrogen and oxygen atoms in total. The Kier molecular flexibility index (Phi) is 5.13. The standard InChI is InChI=1S/C19H23N3O2/c20-17-8-4-7-16(13-17)19(24)22-11-9-21(10-12-22)14-18(23)15-5-2-1-3-6-15/h1-8,13,18,23H,9-12,14,20H2. The van der Waals surface area contributed by atoms with Crippen LogP contribution in [0.5, 0.6) is 0 Å². The van der Waals surface area contributed by atoms with E-state index >= 15 is 0 Å². The van der Waals surface area contributed by atoms with Crippen LogP contribution in [0.1, 0.15) is 22.0 Å². The summed E-state index contributed by atoms with van der Waals surface area (Å²) in [6.45, 7) is 3.44. The molecule has 0 aliphatic carbocycles. The molecule has 1 fully saturated rings. The molecule has 1 amide bonds. The van der Waals surface area contributed by atoms with Gasteiger partial charge in [-0.3, -0.25) is 9.69 Å². The van der Waals surface area contributed by atoms with Crippen LogP contribution in [0.25, 0.3) is 0 Å². The zero-order valence-corrected chi connectivity index (χ0v) is 13.6. The topological polar surface area (TPSA) is 69.8 Å². The first-order valence-corrected chi connectivity index (χ1v) is 8.23. The van der Waals surface area contributed by atoms with Gasteiger partial charge in [-0.1, -0.05) is 36.4 Å². The molecule has 5 heteroatoms. The summed E-state index contributed by atoms with van der Waals surface area (Å²) in [7, 11) is 0. The second-order valence-electron chi connectivity index (χ2n) is 6.14. The minimum Gasteiger partial charge on any atom is -0.399 e. The molecular weight excluding hydrogens is 302 g/mol. The van der Waals surface area contributed by atoms with Crippen molar-refractivity contribution in [3.05, 3.63) is 65.7 Å². The number of amides is 1. The number of benzene rings is 2. The molecule has 126 valence electrons. The fourth-order valence-electron chi connectivity index (χ4n) is 3.01. The van der Waals surface area contributed by atoms with Crippen LogP contribution in [0.4, 0.5) is 5.69 Å². The maximum atomic E-state index is 12.5. The molecule has 1 unspecified atom stereocenters. The van der Waals surface area contributed by atoms with Crippen LogP contribution in [0.2, 0.25) is 0 Å². The molecule has 3 rings (SSSR count). The molecule has 1 aliphatic rings. The van der Waals surface area contributed by atoms with Crippen molar-refractivity contribution in [3.63, 3.8) is 0 Å². The van der Waals surface area contributed by atoms with Crippen LogP contribution in [0, 0.1) is 0 Å². The Morgan fingerprint density at radius 1 is 1.04 bits per heavy atom. The van der Waals surface area contributed by atoms with Gasteiger partial charge in [0.25, 0.3) is 5.91 Å². The number of nitrogen functional groups attached to an aromatic ring is 1. The van der Waals surface area contributed by atoms with E-state index in [0.717, 1.165) is 18.7 Å². The zero-order valence-electron chi connectivity index (χ0n) is 13.6. The van der Waals surface area contributed by atoms with E-state index in [2.05, 4.69) is 4.90 Å². The number of β-amino-alcohol motifs (C(OH)–C–C–N with tert-alkyl or cyclic N) is 1. The lowest BCUT2D eigenvalue weighted by atomic mass is 10.1. The maximum Gasteiger partial charge on any atom is 0.254 e. The average molecular weight is 325 g/mol. The quantitative estimate of drug-likeness (QED) is 0.841. The van der Waals surface area contributed by atoms with Crippen molar-refractivity contribution >= 4 is 11.6 Å². The first kappa shape index (κ1) is 16.5. The van der Waals surface area contributed by atoms with Gasteiger partial charge in [0.15, 0.2) is 0 Å². The summed E-state index contributed by atoms with van der Waals surface area (Å²) in [5, 5.41) is 10.3. The number of nitrogens with two attached hydrogens (primary N) is 1. The van der Waals surface area contributed by atoms with Gasteiger partial charge in [-0.25, -0.2) is 0 Å². The number of aliphatic hydroxyl groups is 1. The molecule has 0 aromatic heterocycles. The number of rotatable bonds is 4. The summed E-state index contributed by atoms with van der Waals surface area (Å²) in [4.78, 5) is 16.5. The van der Waals surface area contributed by atoms with E-state index in [0.29, 0.717) is 30.9 Å². The van der Waals surface area contributed by atoms with Crippen molar-refractivity contribution in [2.45, 2.75) is 6.10 Å². The van der Waals surface area contributed by atoms with Gasteiger partial charge in [-0.05, 0) is 23.8 Å². The lowest BCUT2D eigenvalue weighted by molar-refractivity contribution is 0.0527. The van der Waals surface area contributed by atoms with Gasteiger partial charge in [-0.15, -0.1) is 0 Å². The van der Waals surface area contributed by atoms with E-state index in [1.54, 1.807) is 24.3 Å². The molecule has 0 saturated carbocycles. The van der Waals surface area contributed by atoms with Crippen molar-refractivity contribution in [1.82, 2.24) is 9.80 Å². The number of anilines is 1. The number of aliphatic hydroxyl groups excluding tert-OH is 1. The van der Waals surface area contributed by atoms with Gasteiger partial charge >= 0.3 is 0 Å². The highest BCUT2D eigenvalue weighted by atomic mass is 16.3. The lowest BCUT2D eigenvalue weighted by Crippen LogP contribution is -2.49. The third-order valence-corrected chi connectivity index (χ3v) is 4.41. The Labute approximate surface area is 142 Å². The van der Waals surface area contributed by atoms with E-state index < -0.39 is 6.10 Å². The van der Waals surface area contributed by atoms with Crippen molar-refractivity contribution in [1.29, 1.82) is 0 Å². The molecule has 0 radical (unpaired) electrons. The summed E-state index contributed by atoms with van der Waals surface area (Å²) in [6.07, 6.45) is -0.498. The minimum atomic E-state index is -0.498. The molecule has 2 aromatic rings. The van der Waals surface area contributed by atoms with E-state index in [9.17, 15) is 9.90 Å². The van der Waals surface area contributed by atoms with E-state index in [4.69, 9.17) is 5.73 Å². The van der Waals surface area contributed by atoms with Crippen LogP contribution in [0.15, 0.2) is 54.6 Å². The van der Waals surface area contributed by atoms with E-state index in [-0.39, 0.29) is 5.91 Å². The number of carbonyl (C=O) groups excluding carboxylic acids is 1. The van der Waals surface area contributed by atoms with Crippen molar-refractivity contribution in [2.24, 2.45) is 0 Å². The Bertz CT molecular complexity index is 682. The Balaban J connectivity index is 1.53. The maximum absolute atomic E-state index is 12.5. The summed E-state index contributed by atoms with van der Waals surface area (Å²) in [5.74, 6) is 0.0190. The molecule has 0 spiro atoms. The number of carbonyl (C=O) groups is 1. The van der Waals surface area contributed by atoms with Gasteiger partial charge in [0.1, 0.15) is 0 Å². The second-order valence-corrected chi connectivity index (χ2v) is 6.14. The van der Waals surface area contributed by atoms with Gasteiger partial charge < -0.3 is 15.7 Å². The molecule has 0 bridgehead atoms. The molecular formula is C19H23N3O2. The first-order valence-electron chi connectivity index (χ1n) is 8.23. The van der Waals surface area contributed by atoms with Crippen molar-refractivity contribution < 1.29 is 9.90 Å². The number of hydrogen-bond acceptors (Lipinski definition) is 4. The van der Waals surface area contributed by atoms with Gasteiger partial charge in [-0.2, -0.15) is 0 Å². The number of hydrogen-bond donors (Lipinski definition) is 2. The van der Waals surface area contributed by atoms with E-state index in [1.165, 1.54) is 0 Å². The predicted molar refractivity (Wildman–Crippen MR) is 94.6 cm³/mol. The summed E-state index contributed by atoms with van der Waals surface area (Å²) in [6, 6.07) is 16.8. The minimum absolute atomic E-state index is 0.0190.